The van der Waals surface area contributed by atoms with Gasteiger partial charge in [-0.1, -0.05) is 97.1 Å². The largest absolute Gasteiger partial charge is 0.309 e. The number of nitrogens with zero attached hydrogens (tertiary/aromatic N) is 3. The fourth-order valence-corrected chi connectivity index (χ4v) is 7.68. The van der Waals surface area contributed by atoms with Crippen LogP contribution in [0.1, 0.15) is 5.56 Å². The third-order valence-electron chi connectivity index (χ3n) is 9.90. The molecule has 0 saturated carbocycles. The maximum atomic E-state index is 9.64. The van der Waals surface area contributed by atoms with Crippen molar-refractivity contribution in [2.45, 2.75) is 0 Å². The molecular formula is C45H27N3. The number of nitriles is 1. The Kier molecular flexibility index (Phi) is 5.64. The van der Waals surface area contributed by atoms with Crippen LogP contribution >= 0.6 is 0 Å². The Morgan fingerprint density at radius 1 is 0.354 bits per heavy atom. The molecule has 0 spiro atoms. The molecule has 222 valence electrons. The zero-order valence-corrected chi connectivity index (χ0v) is 25.9. The molecule has 0 aliphatic carbocycles. The molecule has 0 radical (unpaired) electrons. The van der Waals surface area contributed by atoms with Gasteiger partial charge in [-0.15, -0.1) is 0 Å². The molecule has 0 unspecified atom stereocenters. The minimum Gasteiger partial charge on any atom is -0.309 e. The Morgan fingerprint density at radius 3 is 1.69 bits per heavy atom. The zero-order chi connectivity index (χ0) is 31.8. The van der Waals surface area contributed by atoms with Gasteiger partial charge in [0.15, 0.2) is 0 Å². The highest BCUT2D eigenvalue weighted by Crippen LogP contribution is 2.39. The maximum absolute atomic E-state index is 9.64. The van der Waals surface area contributed by atoms with Crippen LogP contribution in [0, 0.1) is 11.3 Å². The predicted molar refractivity (Wildman–Crippen MR) is 200 cm³/mol. The van der Waals surface area contributed by atoms with Crippen molar-refractivity contribution in [2.75, 3.05) is 0 Å². The zero-order valence-electron chi connectivity index (χ0n) is 25.9. The van der Waals surface area contributed by atoms with E-state index in [9.17, 15) is 5.26 Å². The molecule has 2 aromatic heterocycles. The molecular weight excluding hydrogens is 583 g/mol. The van der Waals surface area contributed by atoms with Crippen molar-refractivity contribution in [1.82, 2.24) is 9.13 Å². The number of fused-ring (bicyclic) bond motifs is 9. The fraction of sp³-hybridized carbons (Fsp3) is 0. The average molecular weight is 610 g/mol. The van der Waals surface area contributed by atoms with Crippen LogP contribution < -0.4 is 0 Å². The van der Waals surface area contributed by atoms with E-state index in [2.05, 4.69) is 161 Å². The number of aromatic nitrogens is 2. The third-order valence-corrected chi connectivity index (χ3v) is 9.90. The van der Waals surface area contributed by atoms with E-state index in [-0.39, 0.29) is 0 Å². The van der Waals surface area contributed by atoms with E-state index in [0.717, 1.165) is 38.4 Å². The van der Waals surface area contributed by atoms with Crippen molar-refractivity contribution >= 4 is 65.2 Å². The van der Waals surface area contributed by atoms with Gasteiger partial charge in [0.1, 0.15) is 0 Å². The van der Waals surface area contributed by atoms with Gasteiger partial charge in [-0.25, -0.2) is 0 Å². The summed E-state index contributed by atoms with van der Waals surface area (Å²) in [4.78, 5) is 0. The predicted octanol–water partition coefficient (Wildman–Crippen LogP) is 11.7. The van der Waals surface area contributed by atoms with Crippen LogP contribution in [0.4, 0.5) is 0 Å². The van der Waals surface area contributed by atoms with Gasteiger partial charge in [0, 0.05) is 32.9 Å². The van der Waals surface area contributed by atoms with Gasteiger partial charge >= 0.3 is 0 Å². The van der Waals surface area contributed by atoms with E-state index < -0.39 is 0 Å². The summed E-state index contributed by atoms with van der Waals surface area (Å²) in [5, 5.41) is 19.1. The standard InChI is InChI=1S/C45H27N3/c46-28-29-14-15-30-16-17-31-18-21-35(27-40(31)39(30)24-29)48-42-12-6-4-10-36(42)38-22-19-33(26-45(38)48)32-20-23-44-41(25-32)37-11-5-7-13-43(37)47(44)34-8-2-1-3-9-34/h1-27H. The number of benzene rings is 8. The Bertz CT molecular complexity index is 2950. The summed E-state index contributed by atoms with van der Waals surface area (Å²) < 4.78 is 4.75. The quantitative estimate of drug-likeness (QED) is 0.183. The summed E-state index contributed by atoms with van der Waals surface area (Å²) in [5.41, 5.74) is 10.0. The highest BCUT2D eigenvalue weighted by molar-refractivity contribution is 6.13. The first kappa shape index (κ1) is 26.6. The van der Waals surface area contributed by atoms with E-state index in [1.165, 1.54) is 49.2 Å². The monoisotopic (exact) mass is 609 g/mol. The van der Waals surface area contributed by atoms with Crippen LogP contribution in [0.25, 0.3) is 87.7 Å². The van der Waals surface area contributed by atoms with Gasteiger partial charge in [-0.05, 0) is 99.4 Å². The summed E-state index contributed by atoms with van der Waals surface area (Å²) >= 11 is 0. The second-order valence-corrected chi connectivity index (χ2v) is 12.5. The number of para-hydroxylation sites is 3. The second-order valence-electron chi connectivity index (χ2n) is 12.5. The topological polar surface area (TPSA) is 33.6 Å². The Morgan fingerprint density at radius 2 is 0.917 bits per heavy atom. The normalized spacial score (nSPS) is 11.7. The van der Waals surface area contributed by atoms with Crippen molar-refractivity contribution in [3.8, 4) is 28.6 Å². The lowest BCUT2D eigenvalue weighted by molar-refractivity contribution is 1.18. The number of hydrogen-bond acceptors (Lipinski definition) is 1. The smallest absolute Gasteiger partial charge is 0.0991 e. The lowest BCUT2D eigenvalue weighted by Gasteiger charge is -2.12. The van der Waals surface area contributed by atoms with Crippen molar-refractivity contribution in [3.63, 3.8) is 0 Å². The van der Waals surface area contributed by atoms with E-state index >= 15 is 0 Å². The third kappa shape index (κ3) is 3.87. The van der Waals surface area contributed by atoms with Gasteiger partial charge in [-0.2, -0.15) is 5.26 Å². The van der Waals surface area contributed by atoms with Crippen LogP contribution in [0.2, 0.25) is 0 Å². The molecule has 10 rings (SSSR count). The molecule has 48 heavy (non-hydrogen) atoms. The number of rotatable bonds is 3. The Balaban J connectivity index is 1.21. The second kappa shape index (κ2) is 10.2. The van der Waals surface area contributed by atoms with Crippen LogP contribution in [-0.2, 0) is 0 Å². The molecule has 0 saturated heterocycles. The van der Waals surface area contributed by atoms with Gasteiger partial charge in [-0.3, -0.25) is 0 Å². The SMILES string of the molecule is N#Cc1ccc2ccc3ccc(-n4c5ccccc5c5ccc(-c6ccc7c(c6)c6ccccc6n7-c6ccccc6)cc54)cc3c2c1. The van der Waals surface area contributed by atoms with Crippen LogP contribution in [-0.4, -0.2) is 9.13 Å². The Labute approximate surface area is 276 Å². The molecule has 10 aromatic rings. The molecule has 0 amide bonds. The van der Waals surface area contributed by atoms with Gasteiger partial charge in [0.25, 0.3) is 0 Å². The highest BCUT2D eigenvalue weighted by Gasteiger charge is 2.16. The molecule has 0 aliphatic heterocycles. The van der Waals surface area contributed by atoms with Crippen molar-refractivity contribution in [1.29, 1.82) is 5.26 Å². The van der Waals surface area contributed by atoms with Gasteiger partial charge in [0.2, 0.25) is 0 Å². The molecule has 0 aliphatic rings. The minimum atomic E-state index is 0.672. The maximum Gasteiger partial charge on any atom is 0.0991 e. The summed E-state index contributed by atoms with van der Waals surface area (Å²) in [6.45, 7) is 0. The molecule has 0 N–H and O–H groups in total. The number of hydrogen-bond donors (Lipinski definition) is 0. The lowest BCUT2D eigenvalue weighted by Crippen LogP contribution is -1.94. The van der Waals surface area contributed by atoms with Crippen LogP contribution in [0.3, 0.4) is 0 Å². The van der Waals surface area contributed by atoms with Crippen LogP contribution in [0.15, 0.2) is 164 Å². The summed E-state index contributed by atoms with van der Waals surface area (Å²) in [7, 11) is 0. The molecule has 3 heteroatoms. The van der Waals surface area contributed by atoms with Crippen LogP contribution in [0.5, 0.6) is 0 Å². The first-order valence-electron chi connectivity index (χ1n) is 16.2. The molecule has 8 aromatic carbocycles. The molecule has 0 atom stereocenters. The molecule has 3 nitrogen and oxygen atoms in total. The van der Waals surface area contributed by atoms with E-state index in [4.69, 9.17) is 0 Å². The van der Waals surface area contributed by atoms with E-state index in [1.54, 1.807) is 0 Å². The fourth-order valence-electron chi connectivity index (χ4n) is 7.68. The van der Waals surface area contributed by atoms with Gasteiger partial charge < -0.3 is 9.13 Å². The molecule has 0 fully saturated rings. The summed E-state index contributed by atoms with van der Waals surface area (Å²) in [6.07, 6.45) is 0. The highest BCUT2D eigenvalue weighted by atomic mass is 15.0. The first-order valence-corrected chi connectivity index (χ1v) is 16.2. The average Bonchev–Trinajstić information content (AvgIpc) is 3.67. The molecule has 2 heterocycles. The van der Waals surface area contributed by atoms with Gasteiger partial charge in [0.05, 0.1) is 33.7 Å². The van der Waals surface area contributed by atoms with Crippen molar-refractivity contribution < 1.29 is 0 Å². The summed E-state index contributed by atoms with van der Waals surface area (Å²) in [5.74, 6) is 0. The van der Waals surface area contributed by atoms with E-state index in [0.29, 0.717) is 5.56 Å². The van der Waals surface area contributed by atoms with E-state index in [1.807, 2.05) is 18.2 Å². The van der Waals surface area contributed by atoms with Crippen molar-refractivity contribution in [3.05, 3.63) is 169 Å². The van der Waals surface area contributed by atoms with Crippen molar-refractivity contribution in [2.24, 2.45) is 0 Å². The minimum absolute atomic E-state index is 0.672. The lowest BCUT2D eigenvalue weighted by atomic mass is 9.99. The first-order chi connectivity index (χ1) is 23.7. The summed E-state index contributed by atoms with van der Waals surface area (Å²) in [6, 6.07) is 60.9. The molecule has 0 bridgehead atoms. The Hall–Kier alpha value is -6.63.